The van der Waals surface area contributed by atoms with E-state index in [0.29, 0.717) is 17.4 Å². The Kier molecular flexibility index (Phi) is 62.2. The van der Waals surface area contributed by atoms with E-state index >= 15 is 0 Å². The second-order valence-electron chi connectivity index (χ2n) is 24.8. The van der Waals surface area contributed by atoms with E-state index in [1.54, 1.807) is 0 Å². The van der Waals surface area contributed by atoms with E-state index in [-0.39, 0.29) is 32.2 Å². The predicted octanol–water partition coefficient (Wildman–Crippen LogP) is 21.7. The summed E-state index contributed by atoms with van der Waals surface area (Å²) in [5, 5.41) is 9.73. The van der Waals surface area contributed by atoms with Crippen molar-refractivity contribution >= 4 is 17.9 Å². The molecule has 1 N–H and O–H groups in total. The first-order valence-electron chi connectivity index (χ1n) is 35.1. The molecule has 0 radical (unpaired) electrons. The topological polar surface area (TPSA) is 108 Å². The maximum absolute atomic E-state index is 12.9. The molecule has 0 aromatic rings. The Hall–Kier alpha value is -3.27. The lowest BCUT2D eigenvalue weighted by molar-refractivity contribution is -0.870. The number of esters is 2. The van der Waals surface area contributed by atoms with Crippen molar-refractivity contribution < 1.29 is 42.9 Å². The second-order valence-corrected chi connectivity index (χ2v) is 24.8. The van der Waals surface area contributed by atoms with Crippen molar-refractivity contribution in [1.29, 1.82) is 0 Å². The molecule has 0 spiro atoms. The monoisotopic (exact) mass is 1170 g/mol. The summed E-state index contributed by atoms with van der Waals surface area (Å²) in [6.45, 7) is 4.77. The van der Waals surface area contributed by atoms with Crippen molar-refractivity contribution in [3.05, 3.63) is 72.9 Å². The fourth-order valence-corrected chi connectivity index (χ4v) is 10.1. The van der Waals surface area contributed by atoms with Crippen LogP contribution in [0.2, 0.25) is 0 Å². The fourth-order valence-electron chi connectivity index (χ4n) is 10.1. The van der Waals surface area contributed by atoms with E-state index in [9.17, 15) is 19.5 Å². The van der Waals surface area contributed by atoms with Gasteiger partial charge in [-0.25, -0.2) is 4.79 Å². The summed E-state index contributed by atoms with van der Waals surface area (Å²) in [4.78, 5) is 37.5. The number of quaternary nitrogens is 1. The van der Waals surface area contributed by atoms with Gasteiger partial charge < -0.3 is 28.5 Å². The third-order valence-electron chi connectivity index (χ3n) is 15.4. The standard InChI is InChI=1S/C74H133NO8/c1-6-8-10-12-14-16-18-20-22-24-25-26-27-28-29-30-31-32-33-34-35-36-37-38-39-40-41-42-43-44-45-46-47-49-51-53-55-57-59-61-63-65-72(77)83-70(69-82-74(73(78)79)80-67-66-75(3,4)5)68-81-71(76)64-62-60-58-56-54-52-50-48-23-21-19-17-15-13-11-9-7-2/h8,10,14-17,20-23,25-26,70,74H,6-7,9,11-13,18-19,24,27-69H2,1-5H3/p+1/b10-8-,16-14-,17-15-,22-20-,23-21-,26-25-. The third-order valence-corrected chi connectivity index (χ3v) is 15.4. The van der Waals surface area contributed by atoms with E-state index in [4.69, 9.17) is 18.9 Å². The molecule has 0 bridgehead atoms. The third kappa shape index (κ3) is 66.1. The fraction of sp³-hybridized carbons (Fsp3) is 0.797. The Labute approximate surface area is 513 Å². The van der Waals surface area contributed by atoms with Gasteiger partial charge in [-0.3, -0.25) is 9.59 Å². The predicted molar refractivity (Wildman–Crippen MR) is 355 cm³/mol. The van der Waals surface area contributed by atoms with Crippen LogP contribution in [0.5, 0.6) is 0 Å². The van der Waals surface area contributed by atoms with Crippen molar-refractivity contribution in [2.24, 2.45) is 0 Å². The number of carboxylic acids is 1. The lowest BCUT2D eigenvalue weighted by Gasteiger charge is -2.25. The van der Waals surface area contributed by atoms with Crippen LogP contribution in [0.4, 0.5) is 0 Å². The summed E-state index contributed by atoms with van der Waals surface area (Å²) in [6.07, 6.45) is 83.2. The molecule has 0 fully saturated rings. The van der Waals surface area contributed by atoms with Gasteiger partial charge in [-0.1, -0.05) is 299 Å². The summed E-state index contributed by atoms with van der Waals surface area (Å²) >= 11 is 0. The molecular formula is C74H134NO8+. The van der Waals surface area contributed by atoms with Crippen LogP contribution in [0, 0.1) is 0 Å². The van der Waals surface area contributed by atoms with Gasteiger partial charge in [-0.05, 0) is 83.5 Å². The van der Waals surface area contributed by atoms with Crippen molar-refractivity contribution in [3.8, 4) is 0 Å². The summed E-state index contributed by atoms with van der Waals surface area (Å²) in [7, 11) is 5.98. The highest BCUT2D eigenvalue weighted by atomic mass is 16.7. The van der Waals surface area contributed by atoms with E-state index < -0.39 is 24.3 Å². The first kappa shape index (κ1) is 79.7. The summed E-state index contributed by atoms with van der Waals surface area (Å²) in [5.41, 5.74) is 0. The van der Waals surface area contributed by atoms with Gasteiger partial charge >= 0.3 is 17.9 Å². The first-order chi connectivity index (χ1) is 40.6. The number of aliphatic carboxylic acids is 1. The zero-order valence-electron chi connectivity index (χ0n) is 55.1. The lowest BCUT2D eigenvalue weighted by Crippen LogP contribution is -2.40. The van der Waals surface area contributed by atoms with E-state index in [1.807, 2.05) is 21.1 Å². The second kappa shape index (κ2) is 64.7. The van der Waals surface area contributed by atoms with Gasteiger partial charge in [0.05, 0.1) is 34.4 Å². The molecule has 9 nitrogen and oxygen atoms in total. The van der Waals surface area contributed by atoms with E-state index in [1.165, 1.54) is 212 Å². The molecule has 0 aliphatic carbocycles. The molecular weight excluding hydrogens is 1030 g/mol. The van der Waals surface area contributed by atoms with Gasteiger partial charge in [0, 0.05) is 12.8 Å². The molecule has 0 aromatic heterocycles. The number of likely N-dealkylation sites (N-methyl/N-ethyl adjacent to an activating group) is 1. The van der Waals surface area contributed by atoms with Crippen LogP contribution in [0.15, 0.2) is 72.9 Å². The molecule has 0 aliphatic heterocycles. The number of rotatable bonds is 65. The number of ether oxygens (including phenoxy) is 4. The number of carboxylic acid groups (broad SMARTS) is 1. The molecule has 0 saturated carbocycles. The molecule has 83 heavy (non-hydrogen) atoms. The Morgan fingerprint density at radius 2 is 0.687 bits per heavy atom. The minimum atomic E-state index is -1.51. The van der Waals surface area contributed by atoms with E-state index in [2.05, 4.69) is 86.8 Å². The molecule has 0 amide bonds. The Morgan fingerprint density at radius 3 is 1.02 bits per heavy atom. The zero-order valence-corrected chi connectivity index (χ0v) is 55.1. The van der Waals surface area contributed by atoms with Crippen LogP contribution in [0.25, 0.3) is 0 Å². The highest BCUT2D eigenvalue weighted by molar-refractivity contribution is 5.71. The van der Waals surface area contributed by atoms with E-state index in [0.717, 1.165) is 83.5 Å². The number of nitrogens with zero attached hydrogens (tertiary/aromatic N) is 1. The average Bonchev–Trinajstić information content (AvgIpc) is 3.46. The normalized spacial score (nSPS) is 13.1. The Morgan fingerprint density at radius 1 is 0.373 bits per heavy atom. The minimum Gasteiger partial charge on any atom is -0.477 e. The van der Waals surface area contributed by atoms with Crippen LogP contribution in [-0.2, 0) is 33.3 Å². The largest absolute Gasteiger partial charge is 0.477 e. The van der Waals surface area contributed by atoms with Crippen LogP contribution < -0.4 is 0 Å². The van der Waals surface area contributed by atoms with Crippen LogP contribution in [0.3, 0.4) is 0 Å². The molecule has 0 saturated heterocycles. The van der Waals surface area contributed by atoms with Crippen LogP contribution in [0.1, 0.15) is 322 Å². The van der Waals surface area contributed by atoms with Crippen LogP contribution >= 0.6 is 0 Å². The van der Waals surface area contributed by atoms with Crippen molar-refractivity contribution in [3.63, 3.8) is 0 Å². The van der Waals surface area contributed by atoms with Crippen LogP contribution in [-0.4, -0.2) is 87.4 Å². The highest BCUT2D eigenvalue weighted by Crippen LogP contribution is 2.18. The molecule has 0 aromatic carbocycles. The van der Waals surface area contributed by atoms with Gasteiger partial charge in [-0.2, -0.15) is 0 Å². The number of carbonyl (C=O) groups is 3. The SMILES string of the molecule is CC/C=C\C/C=C\C/C=C\C/C=C\CCCCCCCCCCCCCCCCCCCCCCCCCCCCCCC(=O)OC(COC(=O)CCCCCCCCC/C=C\C/C=C\CCCCC)COC(OCC[N+](C)(C)C)C(=O)O. The molecule has 2 unspecified atom stereocenters. The Bertz CT molecular complexity index is 1590. The smallest absolute Gasteiger partial charge is 0.361 e. The lowest BCUT2D eigenvalue weighted by atomic mass is 10.0. The van der Waals surface area contributed by atoms with Crippen molar-refractivity contribution in [2.75, 3.05) is 47.5 Å². The number of hydrogen-bond donors (Lipinski definition) is 1. The number of unbranched alkanes of at least 4 members (excludes halogenated alkanes) is 38. The molecule has 482 valence electrons. The highest BCUT2D eigenvalue weighted by Gasteiger charge is 2.25. The maximum Gasteiger partial charge on any atom is 0.361 e. The molecule has 9 heteroatoms. The maximum atomic E-state index is 12.9. The summed E-state index contributed by atoms with van der Waals surface area (Å²) < 4.78 is 22.9. The summed E-state index contributed by atoms with van der Waals surface area (Å²) in [6, 6.07) is 0. The van der Waals surface area contributed by atoms with Gasteiger partial charge in [0.2, 0.25) is 0 Å². The first-order valence-corrected chi connectivity index (χ1v) is 35.1. The van der Waals surface area contributed by atoms with Crippen molar-refractivity contribution in [2.45, 2.75) is 334 Å². The Balaban J connectivity index is 3.94. The van der Waals surface area contributed by atoms with Gasteiger partial charge in [-0.15, -0.1) is 0 Å². The molecule has 0 heterocycles. The number of allylic oxidation sites excluding steroid dienone is 12. The van der Waals surface area contributed by atoms with Gasteiger partial charge in [0.15, 0.2) is 6.10 Å². The molecule has 0 aliphatic rings. The number of carbonyl (C=O) groups excluding carboxylic acids is 2. The van der Waals surface area contributed by atoms with Gasteiger partial charge in [0.25, 0.3) is 6.29 Å². The zero-order chi connectivity index (χ0) is 60.5. The number of hydrogen-bond acceptors (Lipinski definition) is 7. The summed E-state index contributed by atoms with van der Waals surface area (Å²) in [5.74, 6) is -2.00. The molecule has 0 rings (SSSR count). The quantitative estimate of drug-likeness (QED) is 0.0211. The minimum absolute atomic E-state index is 0.184. The average molecular weight is 1170 g/mol. The van der Waals surface area contributed by atoms with Gasteiger partial charge in [0.1, 0.15) is 13.2 Å². The van der Waals surface area contributed by atoms with Crippen molar-refractivity contribution in [1.82, 2.24) is 0 Å². The molecule has 2 atom stereocenters.